The monoisotopic (exact) mass is 291 g/mol. The van der Waals surface area contributed by atoms with Crippen LogP contribution in [0.5, 0.6) is 0 Å². The van der Waals surface area contributed by atoms with Crippen molar-refractivity contribution < 1.29 is 14.7 Å². The predicted molar refractivity (Wildman–Crippen MR) is 83.0 cm³/mol. The van der Waals surface area contributed by atoms with E-state index in [2.05, 4.69) is 17.4 Å². The Morgan fingerprint density at radius 2 is 1.67 bits per heavy atom. The van der Waals surface area contributed by atoms with Crippen LogP contribution in [0.1, 0.15) is 46.1 Å². The quantitative estimate of drug-likeness (QED) is 0.811. The van der Waals surface area contributed by atoms with Gasteiger partial charge in [-0.05, 0) is 46.1 Å². The molecule has 1 amide bonds. The molecule has 0 aliphatic heterocycles. The normalized spacial score (nSPS) is 12.0. The summed E-state index contributed by atoms with van der Waals surface area (Å²) in [4.78, 5) is 23.1. The number of carbonyl (C=O) groups is 2. The van der Waals surface area contributed by atoms with E-state index in [1.807, 2.05) is 32.0 Å². The summed E-state index contributed by atoms with van der Waals surface area (Å²) < 4.78 is 0. The number of hydrogen-bond acceptors (Lipinski definition) is 2. The molecule has 0 heterocycles. The number of aryl methyl sites for hydroxylation is 1. The first-order valence-corrected chi connectivity index (χ1v) is 7.21. The van der Waals surface area contributed by atoms with E-state index < -0.39 is 11.4 Å². The summed E-state index contributed by atoms with van der Waals surface area (Å²) in [5.74, 6) is -1.18. The third-order valence-corrected chi connectivity index (χ3v) is 3.54. The Labute approximate surface area is 126 Å². The Hall–Kier alpha value is -1.84. The molecule has 0 unspecified atom stereocenters. The zero-order chi connectivity index (χ0) is 16.1. The van der Waals surface area contributed by atoms with Crippen molar-refractivity contribution in [2.24, 2.45) is 5.41 Å². The van der Waals surface area contributed by atoms with E-state index >= 15 is 0 Å². The summed E-state index contributed by atoms with van der Waals surface area (Å²) in [5, 5.41) is 12.0. The Kier molecular flexibility index (Phi) is 5.53. The van der Waals surface area contributed by atoms with E-state index in [0.717, 1.165) is 12.8 Å². The minimum atomic E-state index is -1.04. The molecule has 0 spiro atoms. The van der Waals surface area contributed by atoms with Crippen LogP contribution in [0, 0.1) is 5.41 Å². The standard InChI is InChI=1S/C17H25NO3/c1-16(2,15(20)21)12-14(19)18-17(3,4)11-10-13-8-6-5-7-9-13/h5-9H,10-12H2,1-4H3,(H,18,19)(H,20,21). The van der Waals surface area contributed by atoms with Crippen molar-refractivity contribution >= 4 is 11.9 Å². The predicted octanol–water partition coefficient (Wildman–Crippen LogP) is 3.01. The maximum atomic E-state index is 12.0. The molecule has 0 saturated carbocycles. The molecule has 0 bridgehead atoms. The van der Waals surface area contributed by atoms with Crippen LogP contribution in [0.15, 0.2) is 30.3 Å². The third-order valence-electron chi connectivity index (χ3n) is 3.54. The van der Waals surface area contributed by atoms with Crippen molar-refractivity contribution in [3.8, 4) is 0 Å². The number of rotatable bonds is 7. The van der Waals surface area contributed by atoms with Crippen LogP contribution < -0.4 is 5.32 Å². The lowest BCUT2D eigenvalue weighted by molar-refractivity contribution is -0.149. The number of aliphatic carboxylic acids is 1. The van der Waals surface area contributed by atoms with Crippen molar-refractivity contribution in [3.05, 3.63) is 35.9 Å². The number of nitrogens with one attached hydrogen (secondary N) is 1. The van der Waals surface area contributed by atoms with Crippen molar-refractivity contribution in [1.29, 1.82) is 0 Å². The average Bonchev–Trinajstić information content (AvgIpc) is 2.36. The SMILES string of the molecule is CC(C)(CCc1ccccc1)NC(=O)CC(C)(C)C(=O)O. The van der Waals surface area contributed by atoms with Gasteiger partial charge in [0.1, 0.15) is 0 Å². The van der Waals surface area contributed by atoms with Crippen LogP contribution in [0.25, 0.3) is 0 Å². The van der Waals surface area contributed by atoms with Gasteiger partial charge in [0.2, 0.25) is 5.91 Å². The number of carboxylic acids is 1. The van der Waals surface area contributed by atoms with Crippen LogP contribution in [-0.2, 0) is 16.0 Å². The lowest BCUT2D eigenvalue weighted by Crippen LogP contribution is -2.45. The highest BCUT2D eigenvalue weighted by Gasteiger charge is 2.32. The molecule has 0 aliphatic rings. The van der Waals surface area contributed by atoms with E-state index in [1.54, 1.807) is 13.8 Å². The molecule has 0 fully saturated rings. The second-order valence-electron chi connectivity index (χ2n) is 6.78. The highest BCUT2D eigenvalue weighted by molar-refractivity contribution is 5.84. The maximum Gasteiger partial charge on any atom is 0.309 e. The summed E-state index contributed by atoms with van der Waals surface area (Å²) in [6.07, 6.45) is 1.66. The average molecular weight is 291 g/mol. The fourth-order valence-electron chi connectivity index (χ4n) is 2.06. The van der Waals surface area contributed by atoms with Crippen LogP contribution in [0.2, 0.25) is 0 Å². The Bertz CT molecular complexity index is 492. The smallest absolute Gasteiger partial charge is 0.309 e. The molecule has 4 nitrogen and oxygen atoms in total. The van der Waals surface area contributed by atoms with E-state index in [-0.39, 0.29) is 17.9 Å². The number of carboxylic acid groups (broad SMARTS) is 1. The first-order chi connectivity index (χ1) is 9.62. The highest BCUT2D eigenvalue weighted by Crippen LogP contribution is 2.21. The first-order valence-electron chi connectivity index (χ1n) is 7.21. The topological polar surface area (TPSA) is 66.4 Å². The van der Waals surface area contributed by atoms with E-state index in [0.29, 0.717) is 0 Å². The zero-order valence-corrected chi connectivity index (χ0v) is 13.3. The minimum Gasteiger partial charge on any atom is -0.481 e. The highest BCUT2D eigenvalue weighted by atomic mass is 16.4. The molecule has 1 aromatic rings. The van der Waals surface area contributed by atoms with Gasteiger partial charge in [0, 0.05) is 12.0 Å². The van der Waals surface area contributed by atoms with Gasteiger partial charge in [-0.25, -0.2) is 0 Å². The van der Waals surface area contributed by atoms with Gasteiger partial charge in [-0.2, -0.15) is 0 Å². The van der Waals surface area contributed by atoms with Gasteiger partial charge in [-0.1, -0.05) is 30.3 Å². The number of benzene rings is 1. The number of hydrogen-bond donors (Lipinski definition) is 2. The fourth-order valence-corrected chi connectivity index (χ4v) is 2.06. The second-order valence-corrected chi connectivity index (χ2v) is 6.78. The van der Waals surface area contributed by atoms with Crippen LogP contribution in [0.4, 0.5) is 0 Å². The van der Waals surface area contributed by atoms with Gasteiger partial charge in [-0.3, -0.25) is 9.59 Å². The lowest BCUT2D eigenvalue weighted by Gasteiger charge is -2.28. The zero-order valence-electron chi connectivity index (χ0n) is 13.3. The van der Waals surface area contributed by atoms with Crippen molar-refractivity contribution in [2.45, 2.75) is 52.5 Å². The van der Waals surface area contributed by atoms with E-state index in [1.165, 1.54) is 5.56 Å². The molecular formula is C17H25NO3. The van der Waals surface area contributed by atoms with Gasteiger partial charge >= 0.3 is 5.97 Å². The molecule has 0 aromatic heterocycles. The molecule has 116 valence electrons. The lowest BCUT2D eigenvalue weighted by atomic mass is 9.88. The van der Waals surface area contributed by atoms with E-state index in [9.17, 15) is 9.59 Å². The summed E-state index contributed by atoms with van der Waals surface area (Å²) in [6.45, 7) is 7.04. The molecule has 2 N–H and O–H groups in total. The molecule has 21 heavy (non-hydrogen) atoms. The molecular weight excluding hydrogens is 266 g/mol. The van der Waals surface area contributed by atoms with Crippen LogP contribution in [-0.4, -0.2) is 22.5 Å². The molecule has 4 heteroatoms. The van der Waals surface area contributed by atoms with Crippen molar-refractivity contribution in [1.82, 2.24) is 5.32 Å². The third kappa shape index (κ3) is 5.98. The summed E-state index contributed by atoms with van der Waals surface area (Å²) >= 11 is 0. The second kappa shape index (κ2) is 6.74. The van der Waals surface area contributed by atoms with Gasteiger partial charge in [0.25, 0.3) is 0 Å². The Morgan fingerprint density at radius 3 is 2.19 bits per heavy atom. The van der Waals surface area contributed by atoms with Crippen LogP contribution >= 0.6 is 0 Å². The molecule has 1 rings (SSSR count). The number of carbonyl (C=O) groups excluding carboxylic acids is 1. The van der Waals surface area contributed by atoms with Gasteiger partial charge in [-0.15, -0.1) is 0 Å². The molecule has 0 atom stereocenters. The fraction of sp³-hybridized carbons (Fsp3) is 0.529. The minimum absolute atomic E-state index is 0.0168. The van der Waals surface area contributed by atoms with Crippen LogP contribution in [0.3, 0.4) is 0 Å². The van der Waals surface area contributed by atoms with Gasteiger partial charge in [0.15, 0.2) is 0 Å². The Balaban J connectivity index is 2.52. The largest absolute Gasteiger partial charge is 0.481 e. The maximum absolute atomic E-state index is 12.0. The summed E-state index contributed by atoms with van der Waals surface area (Å²) in [6, 6.07) is 10.1. The van der Waals surface area contributed by atoms with Crippen molar-refractivity contribution in [3.63, 3.8) is 0 Å². The first kappa shape index (κ1) is 17.2. The summed E-state index contributed by atoms with van der Waals surface area (Å²) in [5.41, 5.74) is -0.174. The van der Waals surface area contributed by atoms with E-state index in [4.69, 9.17) is 5.11 Å². The number of amides is 1. The van der Waals surface area contributed by atoms with Crippen molar-refractivity contribution in [2.75, 3.05) is 0 Å². The molecule has 0 aliphatic carbocycles. The van der Waals surface area contributed by atoms with Gasteiger partial charge in [0.05, 0.1) is 5.41 Å². The molecule has 0 radical (unpaired) electrons. The Morgan fingerprint density at radius 1 is 1.10 bits per heavy atom. The van der Waals surface area contributed by atoms with Gasteiger partial charge < -0.3 is 10.4 Å². The summed E-state index contributed by atoms with van der Waals surface area (Å²) in [7, 11) is 0. The molecule has 0 saturated heterocycles. The molecule has 1 aromatic carbocycles.